The molecule has 1 aliphatic heterocycles. The molecule has 1 aromatic rings. The molecule has 0 aromatic carbocycles. The third-order valence-corrected chi connectivity index (χ3v) is 3.19. The molecule has 1 atom stereocenters. The standard InChI is InChI=1S/C11H13ClN2O2/c1-7-3-2-6-14(7)9-5-4-8(12)10(13-9)11(15)16/h4-5,7H,2-3,6H2,1H3,(H,15,16). The molecule has 4 nitrogen and oxygen atoms in total. The highest BCUT2D eigenvalue weighted by Gasteiger charge is 2.23. The summed E-state index contributed by atoms with van der Waals surface area (Å²) < 4.78 is 0. The van der Waals surface area contributed by atoms with E-state index in [0.717, 1.165) is 19.4 Å². The predicted molar refractivity (Wildman–Crippen MR) is 62.2 cm³/mol. The van der Waals surface area contributed by atoms with Crippen LogP contribution in [0.25, 0.3) is 0 Å². The van der Waals surface area contributed by atoms with Gasteiger partial charge in [-0.05, 0) is 31.9 Å². The Morgan fingerprint density at radius 2 is 2.38 bits per heavy atom. The highest BCUT2D eigenvalue weighted by molar-refractivity contribution is 6.33. The SMILES string of the molecule is CC1CCCN1c1ccc(Cl)c(C(=O)O)n1. The van der Waals surface area contributed by atoms with Crippen LogP contribution >= 0.6 is 11.6 Å². The number of carbonyl (C=O) groups is 1. The Bertz CT molecular complexity index is 422. The van der Waals surface area contributed by atoms with E-state index in [1.54, 1.807) is 12.1 Å². The van der Waals surface area contributed by atoms with Gasteiger partial charge in [0.15, 0.2) is 5.69 Å². The molecule has 86 valence electrons. The molecule has 0 spiro atoms. The largest absolute Gasteiger partial charge is 0.476 e. The lowest BCUT2D eigenvalue weighted by Gasteiger charge is -2.22. The second-order valence-corrected chi connectivity index (χ2v) is 4.40. The van der Waals surface area contributed by atoms with Gasteiger partial charge in [-0.15, -0.1) is 0 Å². The van der Waals surface area contributed by atoms with Gasteiger partial charge in [-0.2, -0.15) is 0 Å². The van der Waals surface area contributed by atoms with Crippen molar-refractivity contribution in [2.24, 2.45) is 0 Å². The van der Waals surface area contributed by atoms with Crippen LogP contribution in [0.1, 0.15) is 30.3 Å². The van der Waals surface area contributed by atoms with E-state index < -0.39 is 5.97 Å². The third-order valence-electron chi connectivity index (χ3n) is 2.88. The zero-order chi connectivity index (χ0) is 11.7. The summed E-state index contributed by atoms with van der Waals surface area (Å²) in [5, 5.41) is 9.12. The Kier molecular flexibility index (Phi) is 3.01. The maximum atomic E-state index is 10.9. The molecular formula is C11H13ClN2O2. The number of halogens is 1. The fourth-order valence-electron chi connectivity index (χ4n) is 2.02. The normalized spacial score (nSPS) is 20.1. The quantitative estimate of drug-likeness (QED) is 0.863. The van der Waals surface area contributed by atoms with Gasteiger partial charge in [-0.1, -0.05) is 11.6 Å². The number of hydrogen-bond acceptors (Lipinski definition) is 3. The molecule has 5 heteroatoms. The monoisotopic (exact) mass is 240 g/mol. The lowest BCUT2D eigenvalue weighted by molar-refractivity contribution is 0.0691. The molecule has 0 amide bonds. The van der Waals surface area contributed by atoms with Crippen LogP contribution in [-0.2, 0) is 0 Å². The van der Waals surface area contributed by atoms with Crippen LogP contribution in [0, 0.1) is 0 Å². The van der Waals surface area contributed by atoms with Gasteiger partial charge in [0.25, 0.3) is 0 Å². The summed E-state index contributed by atoms with van der Waals surface area (Å²) in [5.74, 6) is -0.384. The Labute approximate surface area is 98.9 Å². The molecule has 1 N–H and O–H groups in total. The number of hydrogen-bond donors (Lipinski definition) is 1. The smallest absolute Gasteiger partial charge is 0.356 e. The average Bonchev–Trinajstić information content (AvgIpc) is 2.65. The molecule has 0 saturated carbocycles. The topological polar surface area (TPSA) is 53.4 Å². The zero-order valence-electron chi connectivity index (χ0n) is 8.98. The Morgan fingerprint density at radius 3 is 2.94 bits per heavy atom. The summed E-state index contributed by atoms with van der Waals surface area (Å²) in [4.78, 5) is 17.1. The highest BCUT2D eigenvalue weighted by atomic mass is 35.5. The second-order valence-electron chi connectivity index (χ2n) is 3.99. The lowest BCUT2D eigenvalue weighted by Crippen LogP contribution is -2.27. The van der Waals surface area contributed by atoms with Crippen molar-refractivity contribution < 1.29 is 9.90 Å². The first kappa shape index (κ1) is 11.2. The van der Waals surface area contributed by atoms with Crippen LogP contribution in [0.4, 0.5) is 5.82 Å². The van der Waals surface area contributed by atoms with Crippen molar-refractivity contribution in [3.05, 3.63) is 22.8 Å². The summed E-state index contributed by atoms with van der Waals surface area (Å²) in [5.41, 5.74) is -0.0710. The number of pyridine rings is 1. The predicted octanol–water partition coefficient (Wildman–Crippen LogP) is 2.42. The van der Waals surface area contributed by atoms with E-state index in [1.807, 2.05) is 0 Å². The molecule has 1 aliphatic rings. The molecule has 0 bridgehead atoms. The van der Waals surface area contributed by atoms with Crippen LogP contribution < -0.4 is 4.90 Å². The summed E-state index contributed by atoms with van der Waals surface area (Å²) >= 11 is 5.77. The van der Waals surface area contributed by atoms with Gasteiger partial charge in [0, 0.05) is 12.6 Å². The van der Waals surface area contributed by atoms with Crippen LogP contribution in [0.15, 0.2) is 12.1 Å². The zero-order valence-corrected chi connectivity index (χ0v) is 9.74. The second kappa shape index (κ2) is 4.29. The molecule has 2 heterocycles. The van der Waals surface area contributed by atoms with Crippen LogP contribution in [-0.4, -0.2) is 28.6 Å². The number of carboxylic acids is 1. The van der Waals surface area contributed by atoms with Gasteiger partial charge >= 0.3 is 5.97 Å². The maximum Gasteiger partial charge on any atom is 0.356 e. The van der Waals surface area contributed by atoms with Gasteiger partial charge < -0.3 is 10.0 Å². The number of aromatic carboxylic acids is 1. The third kappa shape index (κ3) is 1.97. The highest BCUT2D eigenvalue weighted by Crippen LogP contribution is 2.25. The van der Waals surface area contributed by atoms with Gasteiger partial charge in [-0.25, -0.2) is 9.78 Å². The summed E-state index contributed by atoms with van der Waals surface area (Å²) in [6, 6.07) is 3.78. The van der Waals surface area contributed by atoms with Crippen molar-refractivity contribution in [1.82, 2.24) is 4.98 Å². The van der Waals surface area contributed by atoms with Crippen molar-refractivity contribution in [2.45, 2.75) is 25.8 Å². The molecular weight excluding hydrogens is 228 g/mol. The van der Waals surface area contributed by atoms with E-state index >= 15 is 0 Å². The van der Waals surface area contributed by atoms with E-state index in [9.17, 15) is 4.79 Å². The fourth-order valence-corrected chi connectivity index (χ4v) is 2.20. The van der Waals surface area contributed by atoms with Crippen LogP contribution in [0.3, 0.4) is 0 Å². The minimum absolute atomic E-state index is 0.0710. The van der Waals surface area contributed by atoms with Crippen molar-refractivity contribution >= 4 is 23.4 Å². The fraction of sp³-hybridized carbons (Fsp3) is 0.455. The molecule has 1 fully saturated rings. The molecule has 0 radical (unpaired) electrons. The maximum absolute atomic E-state index is 10.9. The van der Waals surface area contributed by atoms with Gasteiger partial charge in [0.2, 0.25) is 0 Å². The lowest BCUT2D eigenvalue weighted by atomic mass is 10.2. The first-order chi connectivity index (χ1) is 7.59. The van der Waals surface area contributed by atoms with Crippen molar-refractivity contribution in [3.8, 4) is 0 Å². The average molecular weight is 241 g/mol. The number of aromatic nitrogens is 1. The van der Waals surface area contributed by atoms with Crippen molar-refractivity contribution in [2.75, 3.05) is 11.4 Å². The van der Waals surface area contributed by atoms with E-state index in [4.69, 9.17) is 16.7 Å². The number of carboxylic acid groups (broad SMARTS) is 1. The summed E-state index contributed by atoms with van der Waals surface area (Å²) in [6.45, 7) is 3.04. The summed E-state index contributed by atoms with van der Waals surface area (Å²) in [7, 11) is 0. The molecule has 0 aliphatic carbocycles. The molecule has 1 saturated heterocycles. The Balaban J connectivity index is 2.35. The molecule has 1 aromatic heterocycles. The van der Waals surface area contributed by atoms with E-state index in [1.165, 1.54) is 0 Å². The number of nitrogens with zero attached hydrogens (tertiary/aromatic N) is 2. The summed E-state index contributed by atoms with van der Waals surface area (Å²) in [6.07, 6.45) is 2.24. The Hall–Kier alpha value is -1.29. The van der Waals surface area contributed by atoms with Gasteiger partial charge in [0.05, 0.1) is 5.02 Å². The van der Waals surface area contributed by atoms with Crippen molar-refractivity contribution in [1.29, 1.82) is 0 Å². The molecule has 2 rings (SSSR count). The molecule has 16 heavy (non-hydrogen) atoms. The first-order valence-electron chi connectivity index (χ1n) is 5.26. The minimum Gasteiger partial charge on any atom is -0.476 e. The van der Waals surface area contributed by atoms with Crippen molar-refractivity contribution in [3.63, 3.8) is 0 Å². The van der Waals surface area contributed by atoms with E-state index in [2.05, 4.69) is 16.8 Å². The number of rotatable bonds is 2. The van der Waals surface area contributed by atoms with Crippen LogP contribution in [0.2, 0.25) is 5.02 Å². The Morgan fingerprint density at radius 1 is 1.62 bits per heavy atom. The minimum atomic E-state index is -1.08. The number of anilines is 1. The van der Waals surface area contributed by atoms with E-state index in [-0.39, 0.29) is 10.7 Å². The van der Waals surface area contributed by atoms with E-state index in [0.29, 0.717) is 11.9 Å². The van der Waals surface area contributed by atoms with Crippen LogP contribution in [0.5, 0.6) is 0 Å². The first-order valence-corrected chi connectivity index (χ1v) is 5.64. The van der Waals surface area contributed by atoms with Gasteiger partial charge in [0.1, 0.15) is 5.82 Å². The van der Waals surface area contributed by atoms with Gasteiger partial charge in [-0.3, -0.25) is 0 Å². The molecule has 1 unspecified atom stereocenters.